The first kappa shape index (κ1) is 29.1. The van der Waals surface area contributed by atoms with Crippen LogP contribution in [-0.4, -0.2) is 17.8 Å². The van der Waals surface area contributed by atoms with Crippen molar-refractivity contribution in [2.75, 3.05) is 6.61 Å². The summed E-state index contributed by atoms with van der Waals surface area (Å²) in [5.41, 5.74) is 2.46. The molecule has 0 aliphatic rings. The Kier molecular flexibility index (Phi) is 13.5. The van der Waals surface area contributed by atoms with Crippen LogP contribution in [0, 0.1) is 0 Å². The second-order valence-electron chi connectivity index (χ2n) is 10.4. The van der Waals surface area contributed by atoms with Crippen molar-refractivity contribution in [2.24, 2.45) is 0 Å². The van der Waals surface area contributed by atoms with Gasteiger partial charge < -0.3 is 9.84 Å². The Balaban J connectivity index is 1.50. The first-order valence-corrected chi connectivity index (χ1v) is 14.8. The van der Waals surface area contributed by atoms with Gasteiger partial charge in [-0.2, -0.15) is 0 Å². The number of aliphatic hydroxyl groups excluding tert-OH is 1. The fraction of sp³-hybridized carbons (Fsp3) is 0.486. The van der Waals surface area contributed by atoms with Crippen LogP contribution in [0.15, 0.2) is 91.0 Å². The molecular formula is C35H48O2. The Morgan fingerprint density at radius 2 is 0.892 bits per heavy atom. The van der Waals surface area contributed by atoms with Crippen molar-refractivity contribution in [2.45, 2.75) is 102 Å². The van der Waals surface area contributed by atoms with Crippen LogP contribution in [0.5, 0.6) is 0 Å². The lowest BCUT2D eigenvalue weighted by atomic mass is 9.80. The number of hydrogen-bond donors (Lipinski definition) is 1. The molecule has 1 atom stereocenters. The summed E-state index contributed by atoms with van der Waals surface area (Å²) in [6.45, 7) is 2.58. The van der Waals surface area contributed by atoms with Crippen molar-refractivity contribution < 1.29 is 9.84 Å². The number of hydrogen-bond acceptors (Lipinski definition) is 2. The van der Waals surface area contributed by atoms with Crippen LogP contribution in [-0.2, 0) is 10.3 Å². The van der Waals surface area contributed by atoms with E-state index in [1.165, 1.54) is 70.6 Å². The second kappa shape index (κ2) is 17.2. The van der Waals surface area contributed by atoms with Crippen molar-refractivity contribution in [1.82, 2.24) is 0 Å². The lowest BCUT2D eigenvalue weighted by Gasteiger charge is -2.36. The Morgan fingerprint density at radius 1 is 0.541 bits per heavy atom. The topological polar surface area (TPSA) is 29.5 Å². The third-order valence-corrected chi connectivity index (χ3v) is 7.42. The van der Waals surface area contributed by atoms with Gasteiger partial charge in [-0.1, -0.05) is 175 Å². The highest BCUT2D eigenvalue weighted by Crippen LogP contribution is 2.40. The van der Waals surface area contributed by atoms with Gasteiger partial charge in [-0.05, 0) is 23.1 Å². The Labute approximate surface area is 226 Å². The molecule has 3 aromatic rings. The summed E-state index contributed by atoms with van der Waals surface area (Å²) in [5, 5.41) is 10.9. The summed E-state index contributed by atoms with van der Waals surface area (Å²) in [6.07, 6.45) is 16.2. The fourth-order valence-corrected chi connectivity index (χ4v) is 5.29. The molecule has 0 amide bonds. The molecule has 3 aromatic carbocycles. The zero-order chi connectivity index (χ0) is 26.0. The molecule has 2 heteroatoms. The van der Waals surface area contributed by atoms with Crippen molar-refractivity contribution in [3.8, 4) is 0 Å². The van der Waals surface area contributed by atoms with E-state index in [1.54, 1.807) is 0 Å². The molecule has 0 spiro atoms. The first-order chi connectivity index (χ1) is 18.3. The maximum absolute atomic E-state index is 10.9. The highest BCUT2D eigenvalue weighted by molar-refractivity contribution is 5.47. The van der Waals surface area contributed by atoms with E-state index in [0.717, 1.165) is 29.5 Å². The highest BCUT2D eigenvalue weighted by Gasteiger charge is 2.37. The Morgan fingerprint density at radius 3 is 1.27 bits per heavy atom. The SMILES string of the molecule is CCCCCCCCCCCCCCC(O)COC(c1ccccc1)(c1ccccc1)c1ccccc1. The lowest BCUT2D eigenvalue weighted by molar-refractivity contribution is -0.0405. The third kappa shape index (κ3) is 9.43. The smallest absolute Gasteiger partial charge is 0.143 e. The van der Waals surface area contributed by atoms with E-state index in [4.69, 9.17) is 4.74 Å². The summed E-state index contributed by atoms with van der Waals surface area (Å²) in [5.74, 6) is 0. The van der Waals surface area contributed by atoms with Gasteiger partial charge in [0.15, 0.2) is 0 Å². The monoisotopic (exact) mass is 500 g/mol. The summed E-state index contributed by atoms with van der Waals surface area (Å²) in [7, 11) is 0. The van der Waals surface area contributed by atoms with Crippen molar-refractivity contribution in [3.05, 3.63) is 108 Å². The molecule has 0 fully saturated rings. The predicted molar refractivity (Wildman–Crippen MR) is 157 cm³/mol. The van der Waals surface area contributed by atoms with Gasteiger partial charge in [-0.15, -0.1) is 0 Å². The van der Waals surface area contributed by atoms with Gasteiger partial charge in [0, 0.05) is 0 Å². The third-order valence-electron chi connectivity index (χ3n) is 7.42. The van der Waals surface area contributed by atoms with Gasteiger partial charge in [0.2, 0.25) is 0 Å². The van der Waals surface area contributed by atoms with Crippen LogP contribution in [0.25, 0.3) is 0 Å². The molecule has 0 aromatic heterocycles. The fourth-order valence-electron chi connectivity index (χ4n) is 5.29. The normalized spacial score (nSPS) is 12.5. The molecular weight excluding hydrogens is 452 g/mol. The van der Waals surface area contributed by atoms with Crippen LogP contribution >= 0.6 is 0 Å². The zero-order valence-electron chi connectivity index (χ0n) is 23.0. The quantitative estimate of drug-likeness (QED) is 0.131. The van der Waals surface area contributed by atoms with Gasteiger partial charge in [0.25, 0.3) is 0 Å². The van der Waals surface area contributed by atoms with Crippen LogP contribution < -0.4 is 0 Å². The van der Waals surface area contributed by atoms with Crippen molar-refractivity contribution >= 4 is 0 Å². The summed E-state index contributed by atoms with van der Waals surface area (Å²) < 4.78 is 6.76. The van der Waals surface area contributed by atoms with Gasteiger partial charge in [0.05, 0.1) is 12.7 Å². The molecule has 200 valence electrons. The highest BCUT2D eigenvalue weighted by atomic mass is 16.5. The minimum Gasteiger partial charge on any atom is -0.391 e. The van der Waals surface area contributed by atoms with E-state index in [1.807, 2.05) is 18.2 Å². The van der Waals surface area contributed by atoms with E-state index in [0.29, 0.717) is 6.61 Å². The largest absolute Gasteiger partial charge is 0.391 e. The Hall–Kier alpha value is -2.42. The van der Waals surface area contributed by atoms with E-state index < -0.39 is 11.7 Å². The number of benzene rings is 3. The zero-order valence-corrected chi connectivity index (χ0v) is 23.0. The second-order valence-corrected chi connectivity index (χ2v) is 10.4. The maximum Gasteiger partial charge on any atom is 0.143 e. The molecule has 1 unspecified atom stereocenters. The maximum atomic E-state index is 10.9. The van der Waals surface area contributed by atoms with Gasteiger partial charge >= 0.3 is 0 Å². The standard InChI is InChI=1S/C35H48O2/c1-2-3-4-5-6-7-8-9-10-11-12-22-29-34(36)30-37-35(31-23-16-13-17-24-31,32-25-18-14-19-26-32)33-27-20-15-21-28-33/h13-21,23-28,34,36H,2-12,22,29-30H2,1H3. The van der Waals surface area contributed by atoms with Crippen LogP contribution in [0.1, 0.15) is 107 Å². The van der Waals surface area contributed by atoms with Crippen LogP contribution in [0.3, 0.4) is 0 Å². The van der Waals surface area contributed by atoms with Crippen LogP contribution in [0.4, 0.5) is 0 Å². The number of unbranched alkanes of at least 4 members (excludes halogenated alkanes) is 11. The van der Waals surface area contributed by atoms with E-state index >= 15 is 0 Å². The van der Waals surface area contributed by atoms with E-state index in [9.17, 15) is 5.11 Å². The van der Waals surface area contributed by atoms with Crippen molar-refractivity contribution in [3.63, 3.8) is 0 Å². The predicted octanol–water partition coefficient (Wildman–Crippen LogP) is 9.45. The summed E-state index contributed by atoms with van der Waals surface area (Å²) >= 11 is 0. The molecule has 37 heavy (non-hydrogen) atoms. The summed E-state index contributed by atoms with van der Waals surface area (Å²) in [6, 6.07) is 31.2. The molecule has 0 aliphatic heterocycles. The summed E-state index contributed by atoms with van der Waals surface area (Å²) in [4.78, 5) is 0. The van der Waals surface area contributed by atoms with Crippen LogP contribution in [0.2, 0.25) is 0 Å². The molecule has 0 bridgehead atoms. The minimum atomic E-state index is -0.763. The molecule has 0 saturated carbocycles. The van der Waals surface area contributed by atoms with Gasteiger partial charge in [-0.25, -0.2) is 0 Å². The molecule has 1 N–H and O–H groups in total. The first-order valence-electron chi connectivity index (χ1n) is 14.8. The number of aliphatic hydroxyl groups is 1. The van der Waals surface area contributed by atoms with E-state index in [-0.39, 0.29) is 0 Å². The average Bonchev–Trinajstić information content (AvgIpc) is 2.96. The minimum absolute atomic E-state index is 0.302. The molecule has 0 radical (unpaired) electrons. The van der Waals surface area contributed by atoms with Gasteiger partial charge in [-0.3, -0.25) is 0 Å². The lowest BCUT2D eigenvalue weighted by Crippen LogP contribution is -2.35. The van der Waals surface area contributed by atoms with Gasteiger partial charge in [0.1, 0.15) is 5.60 Å². The molecule has 2 nitrogen and oxygen atoms in total. The Bertz CT molecular complexity index is 842. The van der Waals surface area contributed by atoms with E-state index in [2.05, 4.69) is 79.7 Å². The molecule has 3 rings (SSSR count). The molecule has 0 heterocycles. The van der Waals surface area contributed by atoms with Crippen molar-refractivity contribution in [1.29, 1.82) is 0 Å². The molecule has 0 aliphatic carbocycles. The number of ether oxygens (including phenoxy) is 1. The average molecular weight is 501 g/mol. The molecule has 0 saturated heterocycles. The number of rotatable bonds is 19.